The van der Waals surface area contributed by atoms with E-state index in [1.807, 2.05) is 42.7 Å². The number of amides is 1. The summed E-state index contributed by atoms with van der Waals surface area (Å²) in [7, 11) is 0. The smallest absolute Gasteiger partial charge is 0.227 e. The number of hydrogen-bond donors (Lipinski definition) is 1. The van der Waals surface area contributed by atoms with Crippen molar-refractivity contribution in [3.8, 4) is 0 Å². The van der Waals surface area contributed by atoms with Gasteiger partial charge in [-0.15, -0.1) is 10.2 Å². The average Bonchev–Trinajstić information content (AvgIpc) is 3.08. The summed E-state index contributed by atoms with van der Waals surface area (Å²) in [6, 6.07) is 20.2. The Bertz CT molecular complexity index is 751. The zero-order valence-electron chi connectivity index (χ0n) is 13.2. The lowest BCUT2D eigenvalue weighted by Gasteiger charge is -2.17. The molecule has 0 radical (unpaired) electrons. The summed E-state index contributed by atoms with van der Waals surface area (Å²) >= 11 is 2.91. The number of nitrogens with one attached hydrogen (secondary N) is 1. The van der Waals surface area contributed by atoms with E-state index in [9.17, 15) is 4.79 Å². The molecule has 0 saturated heterocycles. The van der Waals surface area contributed by atoms with Crippen molar-refractivity contribution in [3.63, 3.8) is 0 Å². The van der Waals surface area contributed by atoms with Crippen LogP contribution in [0.25, 0.3) is 0 Å². The Morgan fingerprint density at radius 3 is 2.12 bits per heavy atom. The third kappa shape index (κ3) is 4.21. The normalized spacial score (nSPS) is 10.8. The summed E-state index contributed by atoms with van der Waals surface area (Å²) < 4.78 is 0.841. The Kier molecular flexibility index (Phi) is 5.61. The van der Waals surface area contributed by atoms with Gasteiger partial charge in [0.2, 0.25) is 11.0 Å². The highest BCUT2D eigenvalue weighted by molar-refractivity contribution is 8.00. The quantitative estimate of drug-likeness (QED) is 0.525. The van der Waals surface area contributed by atoms with Gasteiger partial charge in [0.15, 0.2) is 4.34 Å². The van der Waals surface area contributed by atoms with Crippen molar-refractivity contribution < 1.29 is 4.79 Å². The molecule has 0 unspecified atom stereocenters. The molecule has 0 aliphatic heterocycles. The van der Waals surface area contributed by atoms with Crippen LogP contribution >= 0.6 is 23.1 Å². The summed E-state index contributed by atoms with van der Waals surface area (Å²) in [6.07, 6.45) is 2.30. The number of carbonyl (C=O) groups is 1. The molecule has 0 atom stereocenters. The van der Waals surface area contributed by atoms with E-state index in [0.29, 0.717) is 11.6 Å². The van der Waals surface area contributed by atoms with Gasteiger partial charge in [0.1, 0.15) is 0 Å². The van der Waals surface area contributed by atoms with Crippen LogP contribution in [0.1, 0.15) is 23.5 Å². The van der Waals surface area contributed by atoms with E-state index in [4.69, 9.17) is 0 Å². The lowest BCUT2D eigenvalue weighted by atomic mass is 9.88. The third-order valence-electron chi connectivity index (χ3n) is 3.62. The summed E-state index contributed by atoms with van der Waals surface area (Å²) in [5, 5.41) is 11.4. The van der Waals surface area contributed by atoms with E-state index >= 15 is 0 Å². The number of nitrogens with zero attached hydrogens (tertiary/aromatic N) is 2. The monoisotopic (exact) mass is 355 g/mol. The molecule has 1 heterocycles. The number of hydrogen-bond acceptors (Lipinski definition) is 5. The van der Waals surface area contributed by atoms with Crippen molar-refractivity contribution in [1.29, 1.82) is 0 Å². The molecule has 3 rings (SSSR count). The zero-order chi connectivity index (χ0) is 16.8. The maximum atomic E-state index is 12.5. The van der Waals surface area contributed by atoms with Gasteiger partial charge in [0, 0.05) is 12.3 Å². The van der Waals surface area contributed by atoms with Crippen molar-refractivity contribution in [2.75, 3.05) is 11.6 Å². The minimum atomic E-state index is -0.0588. The molecule has 1 amide bonds. The lowest BCUT2D eigenvalue weighted by Crippen LogP contribution is -2.16. The second-order valence-corrected chi connectivity index (χ2v) is 7.23. The predicted octanol–water partition coefficient (Wildman–Crippen LogP) is 4.42. The Hall–Kier alpha value is -2.18. The van der Waals surface area contributed by atoms with Crippen molar-refractivity contribution in [3.05, 3.63) is 71.8 Å². The Morgan fingerprint density at radius 1 is 1.04 bits per heavy atom. The van der Waals surface area contributed by atoms with Gasteiger partial charge < -0.3 is 5.32 Å². The summed E-state index contributed by atoms with van der Waals surface area (Å²) in [6.45, 7) is 0. The Morgan fingerprint density at radius 2 is 1.62 bits per heavy atom. The van der Waals surface area contributed by atoms with Crippen molar-refractivity contribution >= 4 is 34.1 Å². The van der Waals surface area contributed by atoms with E-state index in [-0.39, 0.29) is 11.8 Å². The molecule has 24 heavy (non-hydrogen) atoms. The molecule has 122 valence electrons. The Balaban J connectivity index is 1.78. The highest BCUT2D eigenvalue weighted by atomic mass is 32.2. The van der Waals surface area contributed by atoms with Crippen molar-refractivity contribution in [1.82, 2.24) is 10.2 Å². The van der Waals surface area contributed by atoms with Gasteiger partial charge >= 0.3 is 0 Å². The second-order valence-electron chi connectivity index (χ2n) is 5.20. The third-order valence-corrected chi connectivity index (χ3v) is 5.44. The van der Waals surface area contributed by atoms with Crippen LogP contribution in [-0.4, -0.2) is 22.4 Å². The molecule has 0 spiro atoms. The molecular formula is C18H17N3OS2. The van der Waals surface area contributed by atoms with Gasteiger partial charge in [-0.05, 0) is 17.4 Å². The van der Waals surface area contributed by atoms with Crippen LogP contribution in [0.4, 0.5) is 5.13 Å². The Labute approximate surface area is 149 Å². The molecule has 0 aliphatic carbocycles. The van der Waals surface area contributed by atoms with E-state index in [1.165, 1.54) is 23.1 Å². The second kappa shape index (κ2) is 8.08. The minimum Gasteiger partial charge on any atom is -0.300 e. The van der Waals surface area contributed by atoms with Crippen molar-refractivity contribution in [2.45, 2.75) is 16.7 Å². The molecule has 1 aromatic heterocycles. The van der Waals surface area contributed by atoms with Crippen LogP contribution in [0.2, 0.25) is 0 Å². The molecule has 6 heteroatoms. The fraction of sp³-hybridized carbons (Fsp3) is 0.167. The van der Waals surface area contributed by atoms with Gasteiger partial charge in [-0.2, -0.15) is 0 Å². The number of carbonyl (C=O) groups excluding carboxylic acids is 1. The van der Waals surface area contributed by atoms with Crippen LogP contribution in [-0.2, 0) is 4.79 Å². The summed E-state index contributed by atoms with van der Waals surface area (Å²) in [5.74, 6) is -0.0446. The molecule has 0 aliphatic rings. The standard InChI is InChI=1S/C18H17N3OS2/c1-23-18-21-20-17(24-18)19-16(22)12-15(13-8-4-2-5-9-13)14-10-6-3-7-11-14/h2-11,15H,12H2,1H3,(H,19,20,22). The van der Waals surface area contributed by atoms with Crippen LogP contribution in [0, 0.1) is 0 Å². The molecular weight excluding hydrogens is 338 g/mol. The van der Waals surface area contributed by atoms with Gasteiger partial charge in [0.25, 0.3) is 0 Å². The van der Waals surface area contributed by atoms with Crippen molar-refractivity contribution in [2.24, 2.45) is 0 Å². The SMILES string of the molecule is CSc1nnc(NC(=O)CC(c2ccccc2)c2ccccc2)s1. The first-order chi connectivity index (χ1) is 11.8. The molecule has 3 aromatic rings. The van der Waals surface area contributed by atoms with Crippen LogP contribution < -0.4 is 5.32 Å². The van der Waals surface area contributed by atoms with Gasteiger partial charge in [0.05, 0.1) is 0 Å². The fourth-order valence-corrected chi connectivity index (χ4v) is 3.68. The molecule has 4 nitrogen and oxygen atoms in total. The largest absolute Gasteiger partial charge is 0.300 e. The molecule has 2 aromatic carbocycles. The first-order valence-corrected chi connectivity index (χ1v) is 9.57. The highest BCUT2D eigenvalue weighted by Crippen LogP contribution is 2.29. The van der Waals surface area contributed by atoms with Gasteiger partial charge in [-0.1, -0.05) is 83.8 Å². The van der Waals surface area contributed by atoms with Gasteiger partial charge in [-0.3, -0.25) is 4.79 Å². The first-order valence-electron chi connectivity index (χ1n) is 7.53. The fourth-order valence-electron chi connectivity index (χ4n) is 2.50. The molecule has 0 saturated carbocycles. The van der Waals surface area contributed by atoms with Crippen LogP contribution in [0.15, 0.2) is 65.0 Å². The summed E-state index contributed by atoms with van der Waals surface area (Å²) in [5.41, 5.74) is 2.25. The van der Waals surface area contributed by atoms with Crippen LogP contribution in [0.5, 0.6) is 0 Å². The summed E-state index contributed by atoms with van der Waals surface area (Å²) in [4.78, 5) is 12.5. The van der Waals surface area contributed by atoms with E-state index in [1.54, 1.807) is 0 Å². The van der Waals surface area contributed by atoms with E-state index < -0.39 is 0 Å². The number of aromatic nitrogens is 2. The van der Waals surface area contributed by atoms with E-state index in [0.717, 1.165) is 15.5 Å². The highest BCUT2D eigenvalue weighted by Gasteiger charge is 2.19. The topological polar surface area (TPSA) is 54.9 Å². The zero-order valence-corrected chi connectivity index (χ0v) is 14.8. The maximum Gasteiger partial charge on any atom is 0.227 e. The van der Waals surface area contributed by atoms with Gasteiger partial charge in [-0.25, -0.2) is 0 Å². The maximum absolute atomic E-state index is 12.5. The molecule has 0 bridgehead atoms. The number of benzene rings is 2. The molecule has 1 N–H and O–H groups in total. The number of anilines is 1. The van der Waals surface area contributed by atoms with E-state index in [2.05, 4.69) is 39.8 Å². The number of thioether (sulfide) groups is 1. The minimum absolute atomic E-state index is 0.0142. The first kappa shape index (κ1) is 16.7. The number of rotatable bonds is 6. The molecule has 0 fully saturated rings. The lowest BCUT2D eigenvalue weighted by molar-refractivity contribution is -0.116. The predicted molar refractivity (Wildman–Crippen MR) is 99.7 cm³/mol. The average molecular weight is 355 g/mol. The van der Waals surface area contributed by atoms with Crippen LogP contribution in [0.3, 0.4) is 0 Å².